The minimum absolute atomic E-state index is 0.456. The minimum atomic E-state index is -0.456. The van der Waals surface area contributed by atoms with Crippen LogP contribution >= 0.6 is 0 Å². The molecule has 1 amide bonds. The molecule has 1 heterocycles. The summed E-state index contributed by atoms with van der Waals surface area (Å²) in [4.78, 5) is 15.4. The summed E-state index contributed by atoms with van der Waals surface area (Å²) < 4.78 is 5.21. The maximum absolute atomic E-state index is 11.2. The van der Waals surface area contributed by atoms with Crippen molar-refractivity contribution in [3.63, 3.8) is 0 Å². The first-order valence-electron chi connectivity index (χ1n) is 5.49. The summed E-state index contributed by atoms with van der Waals surface area (Å²) in [6.45, 7) is 0.778. The Morgan fingerprint density at radius 3 is 2.94 bits per heavy atom. The van der Waals surface area contributed by atoms with E-state index < -0.39 is 6.09 Å². The summed E-state index contributed by atoms with van der Waals surface area (Å²) in [6, 6.07) is 7.51. The van der Waals surface area contributed by atoms with Crippen LogP contribution in [0, 0.1) is 0 Å². The molecule has 17 heavy (non-hydrogen) atoms. The Bertz CT molecular complexity index is 478. The molecular weight excluding hydrogens is 216 g/mol. The zero-order valence-corrected chi connectivity index (χ0v) is 9.64. The lowest BCUT2D eigenvalue weighted by molar-refractivity contribution is 0.203. The zero-order chi connectivity index (χ0) is 12.1. The predicted molar refractivity (Wildman–Crippen MR) is 67.5 cm³/mol. The lowest BCUT2D eigenvalue weighted by atomic mass is 10.0. The number of hydrogen-bond donors (Lipinski definition) is 1. The molecule has 1 aliphatic rings. The van der Waals surface area contributed by atoms with E-state index in [1.54, 1.807) is 12.3 Å². The third-order valence-corrected chi connectivity index (χ3v) is 2.53. The van der Waals surface area contributed by atoms with Gasteiger partial charge in [-0.15, -0.1) is 0 Å². The Morgan fingerprint density at radius 1 is 1.41 bits per heavy atom. The molecule has 88 valence electrons. The Kier molecular flexibility index (Phi) is 3.55. The van der Waals surface area contributed by atoms with Crippen LogP contribution in [0.3, 0.4) is 0 Å². The maximum atomic E-state index is 11.2. The monoisotopic (exact) mass is 230 g/mol. The van der Waals surface area contributed by atoms with Gasteiger partial charge in [0.2, 0.25) is 0 Å². The van der Waals surface area contributed by atoms with Gasteiger partial charge in [0, 0.05) is 25.4 Å². The van der Waals surface area contributed by atoms with Crippen LogP contribution in [-0.4, -0.2) is 25.9 Å². The SMILES string of the molecule is CNC(=O)Oc1ccccc1C1=CC=NCC1. The van der Waals surface area contributed by atoms with E-state index in [1.165, 1.54) is 7.05 Å². The molecule has 0 aromatic heterocycles. The van der Waals surface area contributed by atoms with Crippen molar-refractivity contribution < 1.29 is 9.53 Å². The smallest absolute Gasteiger partial charge is 0.410 e. The van der Waals surface area contributed by atoms with Gasteiger partial charge in [0.15, 0.2) is 0 Å². The van der Waals surface area contributed by atoms with Gasteiger partial charge in [-0.05, 0) is 24.1 Å². The minimum Gasteiger partial charge on any atom is -0.410 e. The maximum Gasteiger partial charge on any atom is 0.412 e. The molecule has 4 heteroatoms. The van der Waals surface area contributed by atoms with Crippen LogP contribution in [0.5, 0.6) is 5.75 Å². The summed E-state index contributed by atoms with van der Waals surface area (Å²) in [5.74, 6) is 0.577. The second kappa shape index (κ2) is 5.30. The number of benzene rings is 1. The second-order valence-corrected chi connectivity index (χ2v) is 3.63. The summed E-state index contributed by atoms with van der Waals surface area (Å²) in [7, 11) is 1.54. The lowest BCUT2D eigenvalue weighted by Gasteiger charge is -2.13. The van der Waals surface area contributed by atoms with Crippen LogP contribution in [0.1, 0.15) is 12.0 Å². The fourth-order valence-electron chi connectivity index (χ4n) is 1.68. The molecule has 0 atom stereocenters. The van der Waals surface area contributed by atoms with Crippen LogP contribution in [0.2, 0.25) is 0 Å². The van der Waals surface area contributed by atoms with Gasteiger partial charge in [0.25, 0.3) is 0 Å². The second-order valence-electron chi connectivity index (χ2n) is 3.63. The highest BCUT2D eigenvalue weighted by Gasteiger charge is 2.11. The molecule has 1 N–H and O–H groups in total. The van der Waals surface area contributed by atoms with Crippen LogP contribution in [0.25, 0.3) is 5.57 Å². The van der Waals surface area contributed by atoms with Crippen molar-refractivity contribution in [1.82, 2.24) is 5.32 Å². The van der Waals surface area contributed by atoms with E-state index in [1.807, 2.05) is 24.3 Å². The molecule has 1 aromatic carbocycles. The van der Waals surface area contributed by atoms with Crippen molar-refractivity contribution in [2.24, 2.45) is 4.99 Å². The Balaban J connectivity index is 2.30. The van der Waals surface area contributed by atoms with E-state index in [9.17, 15) is 4.79 Å². The Hall–Kier alpha value is -2.10. The average Bonchev–Trinajstić information content (AvgIpc) is 2.40. The highest BCUT2D eigenvalue weighted by Crippen LogP contribution is 2.28. The van der Waals surface area contributed by atoms with Gasteiger partial charge in [-0.3, -0.25) is 4.99 Å². The number of nitrogens with one attached hydrogen (secondary N) is 1. The van der Waals surface area contributed by atoms with Crippen molar-refractivity contribution >= 4 is 17.9 Å². The highest BCUT2D eigenvalue weighted by molar-refractivity contribution is 5.88. The van der Waals surface area contributed by atoms with Gasteiger partial charge in [-0.25, -0.2) is 4.79 Å². The fourth-order valence-corrected chi connectivity index (χ4v) is 1.68. The Morgan fingerprint density at radius 2 is 2.24 bits per heavy atom. The molecule has 4 nitrogen and oxygen atoms in total. The van der Waals surface area contributed by atoms with Crippen LogP contribution in [0.15, 0.2) is 35.3 Å². The first-order chi connectivity index (χ1) is 8.31. The number of carbonyl (C=O) groups is 1. The molecule has 0 saturated carbocycles. The van der Waals surface area contributed by atoms with Crippen molar-refractivity contribution in [2.45, 2.75) is 6.42 Å². The number of amides is 1. The number of para-hydroxylation sites is 1. The fraction of sp³-hybridized carbons (Fsp3) is 0.231. The molecule has 1 aromatic rings. The van der Waals surface area contributed by atoms with E-state index in [2.05, 4.69) is 10.3 Å². The summed E-state index contributed by atoms with van der Waals surface area (Å²) in [6.07, 6.45) is 4.15. The number of hydrogen-bond acceptors (Lipinski definition) is 3. The molecule has 0 spiro atoms. The van der Waals surface area contributed by atoms with E-state index >= 15 is 0 Å². The molecule has 2 rings (SSSR count). The van der Waals surface area contributed by atoms with Gasteiger partial charge in [0.1, 0.15) is 5.75 Å². The van der Waals surface area contributed by atoms with Gasteiger partial charge >= 0.3 is 6.09 Å². The third kappa shape index (κ3) is 2.72. The van der Waals surface area contributed by atoms with Crippen LogP contribution in [-0.2, 0) is 0 Å². The molecular formula is C13H14N2O2. The van der Waals surface area contributed by atoms with Gasteiger partial charge in [-0.1, -0.05) is 18.2 Å². The first kappa shape index (κ1) is 11.4. The number of aliphatic imine (C=N–C) groups is 1. The third-order valence-electron chi connectivity index (χ3n) is 2.53. The quantitative estimate of drug-likeness (QED) is 0.847. The highest BCUT2D eigenvalue weighted by atomic mass is 16.6. The number of ether oxygens (including phenoxy) is 1. The molecule has 0 bridgehead atoms. The lowest BCUT2D eigenvalue weighted by Crippen LogP contribution is -2.22. The molecule has 0 aliphatic carbocycles. The van der Waals surface area contributed by atoms with E-state index in [0.29, 0.717) is 5.75 Å². The molecule has 0 saturated heterocycles. The topological polar surface area (TPSA) is 50.7 Å². The largest absolute Gasteiger partial charge is 0.412 e. The van der Waals surface area contributed by atoms with Crippen LogP contribution < -0.4 is 10.1 Å². The number of nitrogens with zero attached hydrogens (tertiary/aromatic N) is 1. The van der Waals surface area contributed by atoms with Crippen LogP contribution in [0.4, 0.5) is 4.79 Å². The number of dihydropyridines is 1. The normalized spacial score (nSPS) is 14.1. The molecule has 1 aliphatic heterocycles. The predicted octanol–water partition coefficient (Wildman–Crippen LogP) is 2.26. The standard InChI is InChI=1S/C13H14N2O2/c1-14-13(16)17-12-5-3-2-4-11(12)10-6-8-15-9-7-10/h2-6,8H,7,9H2,1H3,(H,14,16). The van der Waals surface area contributed by atoms with Crippen molar-refractivity contribution in [3.8, 4) is 5.75 Å². The Labute approximate surface area is 100 Å². The molecule has 0 unspecified atom stereocenters. The molecule has 0 fully saturated rings. The van der Waals surface area contributed by atoms with E-state index in [-0.39, 0.29) is 0 Å². The van der Waals surface area contributed by atoms with E-state index in [4.69, 9.17) is 4.74 Å². The zero-order valence-electron chi connectivity index (χ0n) is 9.64. The van der Waals surface area contributed by atoms with Crippen molar-refractivity contribution in [3.05, 3.63) is 35.9 Å². The van der Waals surface area contributed by atoms with Gasteiger partial charge < -0.3 is 10.1 Å². The summed E-state index contributed by atoms with van der Waals surface area (Å²) in [5.41, 5.74) is 2.08. The van der Waals surface area contributed by atoms with E-state index in [0.717, 1.165) is 24.1 Å². The van der Waals surface area contributed by atoms with Gasteiger partial charge in [0.05, 0.1) is 0 Å². The summed E-state index contributed by atoms with van der Waals surface area (Å²) >= 11 is 0. The van der Waals surface area contributed by atoms with Gasteiger partial charge in [-0.2, -0.15) is 0 Å². The van der Waals surface area contributed by atoms with Crippen molar-refractivity contribution in [1.29, 1.82) is 0 Å². The number of carbonyl (C=O) groups excluding carboxylic acids is 1. The van der Waals surface area contributed by atoms with Crippen molar-refractivity contribution in [2.75, 3.05) is 13.6 Å². The number of allylic oxidation sites excluding steroid dienone is 1. The average molecular weight is 230 g/mol. The first-order valence-corrected chi connectivity index (χ1v) is 5.49. The number of rotatable bonds is 2. The summed E-state index contributed by atoms with van der Waals surface area (Å²) in [5, 5.41) is 2.44. The molecule has 0 radical (unpaired) electrons.